The lowest BCUT2D eigenvalue weighted by Gasteiger charge is -2.40. The molecule has 0 aliphatic carbocycles. The number of nitrogens with zero attached hydrogens (tertiary/aromatic N) is 4. The van der Waals surface area contributed by atoms with Gasteiger partial charge in [0, 0.05) is 23.0 Å². The Bertz CT molecular complexity index is 1500. The summed E-state index contributed by atoms with van der Waals surface area (Å²) in [7, 11) is -4.88. The first-order chi connectivity index (χ1) is 19.1. The Labute approximate surface area is 231 Å². The van der Waals surface area contributed by atoms with E-state index in [-0.39, 0.29) is 22.4 Å². The maximum atomic E-state index is 13.6. The van der Waals surface area contributed by atoms with Gasteiger partial charge in [-0.05, 0) is 36.4 Å². The molecule has 1 amide bonds. The third kappa shape index (κ3) is 4.76. The van der Waals surface area contributed by atoms with E-state index in [1.165, 1.54) is 21.6 Å². The molecule has 0 radical (unpaired) electrons. The van der Waals surface area contributed by atoms with Crippen molar-refractivity contribution in [3.05, 3.63) is 72.7 Å². The molecule has 4 heterocycles. The molecule has 40 heavy (non-hydrogen) atoms. The van der Waals surface area contributed by atoms with Crippen LogP contribution in [0.5, 0.6) is 5.75 Å². The first-order valence-corrected chi connectivity index (χ1v) is 14.4. The van der Waals surface area contributed by atoms with Gasteiger partial charge in [0.2, 0.25) is 0 Å². The lowest BCUT2D eigenvalue weighted by molar-refractivity contribution is -0.0553. The molecular weight excluding hydrogens is 565 g/mol. The molecule has 2 aromatic carbocycles. The molecule has 0 bridgehead atoms. The highest BCUT2D eigenvalue weighted by atomic mass is 32.2. The van der Waals surface area contributed by atoms with Gasteiger partial charge in [0.05, 0.1) is 6.61 Å². The van der Waals surface area contributed by atoms with E-state index in [9.17, 15) is 24.7 Å². The lowest BCUT2D eigenvalue weighted by atomic mass is 10.1. The minimum absolute atomic E-state index is 0.0509. The minimum atomic E-state index is -4.88. The zero-order valence-corrected chi connectivity index (χ0v) is 22.2. The molecule has 3 aliphatic heterocycles. The third-order valence-electron chi connectivity index (χ3n) is 6.59. The number of fused-ring (bicyclic) bond motifs is 2. The van der Waals surface area contributed by atoms with Gasteiger partial charge in [-0.1, -0.05) is 30.0 Å². The molecule has 14 nitrogen and oxygen atoms in total. The number of nitrogens with one attached hydrogen (secondary N) is 1. The highest BCUT2D eigenvalue weighted by Crippen LogP contribution is 2.46. The van der Waals surface area contributed by atoms with Gasteiger partial charge >= 0.3 is 7.82 Å². The zero-order chi connectivity index (χ0) is 28.2. The number of aliphatic hydroxyl groups is 2. The Kier molecular flexibility index (Phi) is 6.84. The quantitative estimate of drug-likeness (QED) is 0.217. The van der Waals surface area contributed by atoms with E-state index >= 15 is 0 Å². The molecule has 1 fully saturated rings. The summed E-state index contributed by atoms with van der Waals surface area (Å²) in [4.78, 5) is 40.4. The molecule has 3 aliphatic rings. The minimum Gasteiger partial charge on any atom is -0.508 e. The second-order valence-electron chi connectivity index (χ2n) is 9.14. The van der Waals surface area contributed by atoms with Crippen molar-refractivity contribution in [2.24, 2.45) is 0 Å². The predicted octanol–water partition coefficient (Wildman–Crippen LogP) is 1.42. The van der Waals surface area contributed by atoms with Crippen molar-refractivity contribution in [3.63, 3.8) is 0 Å². The van der Waals surface area contributed by atoms with E-state index < -0.39 is 51.2 Å². The van der Waals surface area contributed by atoms with Gasteiger partial charge in [-0.2, -0.15) is 0 Å². The normalized spacial score (nSPS) is 25.7. The Morgan fingerprint density at radius 3 is 2.50 bits per heavy atom. The Hall–Kier alpha value is -3.40. The first-order valence-electron chi connectivity index (χ1n) is 12.0. The number of aliphatic hydroxyl groups excluding tert-OH is 2. The SMILES string of the molecule is O=C1c2nc(Sc3ccc(O)cc3)n([C@@H]3O[C@H](COP(=O)(O)O)[C@@H](O)[C@H]3O)c2N(c2ccccc2)C2NC=CN12. The van der Waals surface area contributed by atoms with Gasteiger partial charge in [-0.3, -0.25) is 23.7 Å². The van der Waals surface area contributed by atoms with Gasteiger partial charge in [0.25, 0.3) is 5.91 Å². The lowest BCUT2D eigenvalue weighted by Crippen LogP contribution is -2.55. The number of rotatable bonds is 7. The number of phosphoric ester groups is 1. The number of phenolic OH excluding ortho intramolecular Hbond substituents is 1. The number of aromatic nitrogens is 2. The van der Waals surface area contributed by atoms with Crippen LogP contribution in [0.15, 0.2) is 77.0 Å². The number of carbonyl (C=O) groups is 1. The second-order valence-corrected chi connectivity index (χ2v) is 11.4. The van der Waals surface area contributed by atoms with Crippen LogP contribution >= 0.6 is 19.6 Å². The van der Waals surface area contributed by atoms with E-state index in [4.69, 9.17) is 14.5 Å². The Balaban J connectivity index is 1.50. The maximum absolute atomic E-state index is 13.6. The number of phosphoric acid groups is 1. The third-order valence-corrected chi connectivity index (χ3v) is 8.05. The van der Waals surface area contributed by atoms with Crippen LogP contribution in [0.3, 0.4) is 0 Å². The number of imidazole rings is 1. The topological polar surface area (TPSA) is 190 Å². The van der Waals surface area contributed by atoms with Crippen molar-refractivity contribution in [3.8, 4) is 5.75 Å². The molecule has 6 rings (SSSR count). The molecule has 1 aromatic heterocycles. The summed E-state index contributed by atoms with van der Waals surface area (Å²) in [5, 5.41) is 34.9. The number of amides is 1. The number of anilines is 2. The van der Waals surface area contributed by atoms with Crippen LogP contribution in [-0.4, -0.2) is 76.7 Å². The molecular formula is C24H24N5O9PS. The van der Waals surface area contributed by atoms with Crippen molar-refractivity contribution in [2.45, 2.75) is 40.9 Å². The monoisotopic (exact) mass is 589 g/mol. The number of carbonyl (C=O) groups excluding carboxylic acids is 1. The first kappa shape index (κ1) is 26.8. The maximum Gasteiger partial charge on any atom is 0.469 e. The molecule has 16 heteroatoms. The molecule has 1 saturated heterocycles. The van der Waals surface area contributed by atoms with E-state index in [2.05, 4.69) is 14.8 Å². The highest BCUT2D eigenvalue weighted by Gasteiger charge is 2.50. The van der Waals surface area contributed by atoms with E-state index in [0.29, 0.717) is 10.6 Å². The number of benzene rings is 2. The molecule has 5 atom stereocenters. The smallest absolute Gasteiger partial charge is 0.469 e. The second kappa shape index (κ2) is 10.2. The molecule has 1 unspecified atom stereocenters. The fourth-order valence-electron chi connectivity index (χ4n) is 4.79. The van der Waals surface area contributed by atoms with Crippen LogP contribution in [0.25, 0.3) is 0 Å². The number of hydrogen-bond acceptors (Lipinski definition) is 11. The number of phenols is 1. The fourth-order valence-corrected chi connectivity index (χ4v) is 6.04. The van der Waals surface area contributed by atoms with Gasteiger partial charge in [-0.15, -0.1) is 0 Å². The van der Waals surface area contributed by atoms with Crippen LogP contribution in [0, 0.1) is 0 Å². The number of hydrogen-bond donors (Lipinski definition) is 6. The van der Waals surface area contributed by atoms with Crippen LogP contribution in [0.2, 0.25) is 0 Å². The molecule has 3 aromatic rings. The number of para-hydroxylation sites is 1. The van der Waals surface area contributed by atoms with Crippen molar-refractivity contribution in [2.75, 3.05) is 11.5 Å². The van der Waals surface area contributed by atoms with Gasteiger partial charge in [0.1, 0.15) is 24.1 Å². The average molecular weight is 590 g/mol. The predicted molar refractivity (Wildman–Crippen MR) is 139 cm³/mol. The summed E-state index contributed by atoms with van der Waals surface area (Å²) in [5.74, 6) is -0.0987. The Morgan fingerprint density at radius 2 is 1.80 bits per heavy atom. The number of aromatic hydroxyl groups is 1. The largest absolute Gasteiger partial charge is 0.508 e. The van der Waals surface area contributed by atoms with E-state index in [1.807, 2.05) is 30.3 Å². The molecule has 6 N–H and O–H groups in total. The molecule has 0 saturated carbocycles. The highest BCUT2D eigenvalue weighted by molar-refractivity contribution is 7.99. The number of ether oxygens (including phenoxy) is 1. The fraction of sp³-hybridized carbons (Fsp3) is 0.250. The van der Waals surface area contributed by atoms with E-state index in [0.717, 1.165) is 11.8 Å². The summed E-state index contributed by atoms with van der Waals surface area (Å²) in [5.41, 5.74) is 0.731. The molecule has 0 spiro atoms. The summed E-state index contributed by atoms with van der Waals surface area (Å²) in [6.45, 7) is -0.695. The standard InChI is InChI=1S/C24H24N5O9PS/c30-14-6-8-15(9-7-14)40-24-26-17-20(29(24)22-19(32)18(31)16(38-22)12-37-39(34,35)36)28(13-4-2-1-3-5-13)23-25-10-11-27(23)21(17)33/h1-11,16,18-19,22-23,25,30-32H,12H2,(H2,34,35,36)/t16-,18-,19-,22-,23?/m1/s1. The average Bonchev–Trinajstić information content (AvgIpc) is 3.62. The van der Waals surface area contributed by atoms with Gasteiger partial charge < -0.3 is 35.2 Å². The summed E-state index contributed by atoms with van der Waals surface area (Å²) in [6, 6.07) is 15.4. The van der Waals surface area contributed by atoms with Crippen molar-refractivity contribution in [1.29, 1.82) is 0 Å². The van der Waals surface area contributed by atoms with Crippen LogP contribution in [0.4, 0.5) is 11.5 Å². The van der Waals surface area contributed by atoms with Gasteiger partial charge in [-0.25, -0.2) is 9.55 Å². The van der Waals surface area contributed by atoms with Crippen LogP contribution in [-0.2, 0) is 13.8 Å². The zero-order valence-electron chi connectivity index (χ0n) is 20.5. The van der Waals surface area contributed by atoms with E-state index in [1.54, 1.807) is 29.4 Å². The van der Waals surface area contributed by atoms with Crippen molar-refractivity contribution < 1.29 is 43.7 Å². The van der Waals surface area contributed by atoms with Gasteiger partial charge in [0.15, 0.2) is 29.2 Å². The van der Waals surface area contributed by atoms with Crippen LogP contribution < -0.4 is 10.2 Å². The summed E-state index contributed by atoms with van der Waals surface area (Å²) >= 11 is 1.13. The molecule has 210 valence electrons. The van der Waals surface area contributed by atoms with Crippen LogP contribution in [0.1, 0.15) is 16.7 Å². The Morgan fingerprint density at radius 1 is 1.07 bits per heavy atom. The van der Waals surface area contributed by atoms with Crippen molar-refractivity contribution in [1.82, 2.24) is 19.8 Å². The summed E-state index contributed by atoms with van der Waals surface area (Å²) < 4.78 is 23.2. The summed E-state index contributed by atoms with van der Waals surface area (Å²) in [6.07, 6.45) is -3.24. The van der Waals surface area contributed by atoms with Crippen molar-refractivity contribution >= 4 is 37.0 Å².